The zero-order chi connectivity index (χ0) is 23.3. The molecule has 2 fully saturated rings. The van der Waals surface area contributed by atoms with Crippen LogP contribution in [0.1, 0.15) is 26.7 Å². The van der Waals surface area contributed by atoms with Gasteiger partial charge in [-0.25, -0.2) is 9.50 Å². The SMILES string of the molecule is CC1(C)CN(c2cccc3oc(-c4cnc5ccc(OC[C@@H]6CCC(=O)N6)nn45)cc23)CCO1. The molecule has 0 saturated carbocycles. The number of anilines is 1. The third-order valence-corrected chi connectivity index (χ3v) is 6.41. The molecule has 1 N–H and O–H groups in total. The zero-order valence-electron chi connectivity index (χ0n) is 19.3. The number of rotatable bonds is 5. The average molecular weight is 462 g/mol. The number of amides is 1. The molecule has 4 aromatic rings. The monoisotopic (exact) mass is 461 g/mol. The minimum Gasteiger partial charge on any atom is -0.474 e. The number of imidazole rings is 1. The highest BCUT2D eigenvalue weighted by molar-refractivity contribution is 5.94. The number of nitrogens with one attached hydrogen (secondary N) is 1. The Morgan fingerprint density at radius 2 is 2.18 bits per heavy atom. The highest BCUT2D eigenvalue weighted by Crippen LogP contribution is 2.35. The first-order valence-corrected chi connectivity index (χ1v) is 11.6. The Bertz CT molecular complexity index is 1370. The quantitative estimate of drug-likeness (QED) is 0.487. The van der Waals surface area contributed by atoms with Crippen LogP contribution in [0.15, 0.2) is 47.0 Å². The van der Waals surface area contributed by atoms with Crippen LogP contribution in [0.3, 0.4) is 0 Å². The lowest BCUT2D eigenvalue weighted by molar-refractivity contribution is -0.119. The van der Waals surface area contributed by atoms with Gasteiger partial charge in [0.25, 0.3) is 0 Å². The molecule has 0 aliphatic carbocycles. The molecule has 1 atom stereocenters. The minimum absolute atomic E-state index is 0.0196. The maximum atomic E-state index is 11.4. The number of benzene rings is 1. The average Bonchev–Trinajstić information content (AvgIpc) is 3.54. The Labute approximate surface area is 196 Å². The standard InChI is InChI=1S/C25H27N5O4/c1-25(2)15-29(10-11-33-25)18-4-3-5-20-17(18)12-21(34-20)19-13-26-22-7-9-24(28-30(19)22)32-14-16-6-8-23(31)27-16/h3-5,7,9,12-13,16H,6,8,10-11,14-15H2,1-2H3,(H,27,31)/t16-/m0/s1. The maximum Gasteiger partial charge on any atom is 0.231 e. The van der Waals surface area contributed by atoms with Crippen molar-refractivity contribution in [1.82, 2.24) is 19.9 Å². The number of hydrogen-bond acceptors (Lipinski definition) is 7. The zero-order valence-corrected chi connectivity index (χ0v) is 19.3. The van der Waals surface area contributed by atoms with Crippen molar-refractivity contribution in [2.24, 2.45) is 0 Å². The normalized spacial score (nSPS) is 20.2. The molecule has 176 valence electrons. The van der Waals surface area contributed by atoms with Crippen molar-refractivity contribution in [3.63, 3.8) is 0 Å². The van der Waals surface area contributed by atoms with Crippen molar-refractivity contribution in [2.45, 2.75) is 38.3 Å². The second-order valence-corrected chi connectivity index (χ2v) is 9.53. The number of furan rings is 1. The summed E-state index contributed by atoms with van der Waals surface area (Å²) in [4.78, 5) is 18.3. The number of hydrogen-bond donors (Lipinski definition) is 1. The third-order valence-electron chi connectivity index (χ3n) is 6.41. The van der Waals surface area contributed by atoms with E-state index < -0.39 is 0 Å². The molecule has 6 rings (SSSR count). The summed E-state index contributed by atoms with van der Waals surface area (Å²) in [5.74, 6) is 1.23. The highest BCUT2D eigenvalue weighted by Gasteiger charge is 2.29. The molecule has 2 aliphatic heterocycles. The summed E-state index contributed by atoms with van der Waals surface area (Å²) in [5.41, 5.74) is 3.20. The number of carbonyl (C=O) groups is 1. The Kier molecular flexibility index (Phi) is 4.95. The molecule has 9 heteroatoms. The molecule has 3 aromatic heterocycles. The van der Waals surface area contributed by atoms with E-state index in [-0.39, 0.29) is 17.6 Å². The van der Waals surface area contributed by atoms with Gasteiger partial charge in [-0.1, -0.05) is 6.07 Å². The fourth-order valence-electron chi connectivity index (χ4n) is 4.76. The second-order valence-electron chi connectivity index (χ2n) is 9.53. The minimum atomic E-state index is -0.198. The molecule has 0 radical (unpaired) electrons. The number of fused-ring (bicyclic) bond motifs is 2. The van der Waals surface area contributed by atoms with Crippen LogP contribution < -0.4 is 15.0 Å². The first-order valence-electron chi connectivity index (χ1n) is 11.6. The van der Waals surface area contributed by atoms with Crippen LogP contribution in [0.25, 0.3) is 28.1 Å². The third kappa shape index (κ3) is 3.86. The molecule has 2 saturated heterocycles. The van der Waals surface area contributed by atoms with E-state index in [1.165, 1.54) is 0 Å². The summed E-state index contributed by atoms with van der Waals surface area (Å²) < 4.78 is 19.7. The van der Waals surface area contributed by atoms with E-state index in [2.05, 4.69) is 46.3 Å². The van der Waals surface area contributed by atoms with Gasteiger partial charge >= 0.3 is 0 Å². The summed E-state index contributed by atoms with van der Waals surface area (Å²) in [7, 11) is 0. The molecule has 0 spiro atoms. The van der Waals surface area contributed by atoms with Gasteiger partial charge in [-0.2, -0.15) is 0 Å². The molecular weight excluding hydrogens is 434 g/mol. The smallest absolute Gasteiger partial charge is 0.231 e. The summed E-state index contributed by atoms with van der Waals surface area (Å²) in [6, 6.07) is 11.9. The molecule has 2 aliphatic rings. The predicted octanol–water partition coefficient (Wildman–Crippen LogP) is 3.42. The molecule has 0 unspecified atom stereocenters. The lowest BCUT2D eigenvalue weighted by Gasteiger charge is -2.39. The number of ether oxygens (including phenoxy) is 2. The van der Waals surface area contributed by atoms with Crippen molar-refractivity contribution >= 4 is 28.2 Å². The van der Waals surface area contributed by atoms with E-state index in [4.69, 9.17) is 13.9 Å². The van der Waals surface area contributed by atoms with Crippen LogP contribution in [0.5, 0.6) is 5.88 Å². The topological polar surface area (TPSA) is 94.1 Å². The lowest BCUT2D eigenvalue weighted by Crippen LogP contribution is -2.48. The first-order chi connectivity index (χ1) is 16.4. The molecule has 1 amide bonds. The van der Waals surface area contributed by atoms with Gasteiger partial charge in [-0.3, -0.25) is 4.79 Å². The van der Waals surface area contributed by atoms with Crippen molar-refractivity contribution in [1.29, 1.82) is 0 Å². The Morgan fingerprint density at radius 3 is 3.00 bits per heavy atom. The second kappa shape index (κ2) is 8.02. The molecule has 1 aromatic carbocycles. The van der Waals surface area contributed by atoms with Crippen LogP contribution in [0, 0.1) is 0 Å². The lowest BCUT2D eigenvalue weighted by atomic mass is 10.1. The van der Waals surface area contributed by atoms with E-state index in [0.29, 0.717) is 36.9 Å². The fourth-order valence-corrected chi connectivity index (χ4v) is 4.76. The highest BCUT2D eigenvalue weighted by atomic mass is 16.5. The van der Waals surface area contributed by atoms with Crippen LogP contribution >= 0.6 is 0 Å². The summed E-state index contributed by atoms with van der Waals surface area (Å²) >= 11 is 0. The van der Waals surface area contributed by atoms with Gasteiger partial charge in [-0.05, 0) is 44.5 Å². The number of morpholine rings is 1. The van der Waals surface area contributed by atoms with Crippen molar-refractivity contribution < 1.29 is 18.7 Å². The van der Waals surface area contributed by atoms with Gasteiger partial charge < -0.3 is 24.1 Å². The Balaban J connectivity index is 1.31. The first kappa shape index (κ1) is 21.0. The number of nitrogens with zero attached hydrogens (tertiary/aromatic N) is 4. The molecule has 5 heterocycles. The maximum absolute atomic E-state index is 11.4. The van der Waals surface area contributed by atoms with Gasteiger partial charge in [0.15, 0.2) is 11.4 Å². The van der Waals surface area contributed by atoms with E-state index in [1.54, 1.807) is 16.8 Å². The van der Waals surface area contributed by atoms with Gasteiger partial charge in [-0.15, -0.1) is 5.10 Å². The summed E-state index contributed by atoms with van der Waals surface area (Å²) in [5, 5.41) is 8.58. The number of aromatic nitrogens is 3. The molecular formula is C25H27N5O4. The van der Waals surface area contributed by atoms with Gasteiger partial charge in [0.1, 0.15) is 17.9 Å². The summed E-state index contributed by atoms with van der Waals surface area (Å²) in [6.45, 7) is 6.96. The van der Waals surface area contributed by atoms with Crippen molar-refractivity contribution in [3.8, 4) is 17.3 Å². The predicted molar refractivity (Wildman–Crippen MR) is 127 cm³/mol. The largest absolute Gasteiger partial charge is 0.474 e. The van der Waals surface area contributed by atoms with Crippen LogP contribution in [0.2, 0.25) is 0 Å². The van der Waals surface area contributed by atoms with Gasteiger partial charge in [0.2, 0.25) is 11.8 Å². The van der Waals surface area contributed by atoms with E-state index in [1.807, 2.05) is 18.2 Å². The Morgan fingerprint density at radius 1 is 1.26 bits per heavy atom. The van der Waals surface area contributed by atoms with E-state index in [9.17, 15) is 4.79 Å². The number of carbonyl (C=O) groups excluding carboxylic acids is 1. The summed E-state index contributed by atoms with van der Waals surface area (Å²) in [6.07, 6.45) is 3.08. The molecule has 0 bridgehead atoms. The van der Waals surface area contributed by atoms with E-state index >= 15 is 0 Å². The Hall–Kier alpha value is -3.59. The van der Waals surface area contributed by atoms with E-state index in [0.717, 1.165) is 41.9 Å². The van der Waals surface area contributed by atoms with Crippen LogP contribution in [-0.4, -0.2) is 58.5 Å². The van der Waals surface area contributed by atoms with Gasteiger partial charge in [0, 0.05) is 36.7 Å². The van der Waals surface area contributed by atoms with Crippen molar-refractivity contribution in [3.05, 3.63) is 42.6 Å². The van der Waals surface area contributed by atoms with Crippen LogP contribution in [-0.2, 0) is 9.53 Å². The van der Waals surface area contributed by atoms with Crippen molar-refractivity contribution in [2.75, 3.05) is 31.2 Å². The molecule has 34 heavy (non-hydrogen) atoms. The fraction of sp³-hybridized carbons (Fsp3) is 0.400. The molecule has 9 nitrogen and oxygen atoms in total. The van der Waals surface area contributed by atoms with Gasteiger partial charge in [0.05, 0.1) is 24.4 Å². The van der Waals surface area contributed by atoms with Crippen LogP contribution in [0.4, 0.5) is 5.69 Å².